The molecule has 4 heterocycles. The van der Waals surface area contributed by atoms with Crippen LogP contribution in [-0.4, -0.2) is 70.0 Å². The van der Waals surface area contributed by atoms with Gasteiger partial charge in [0.1, 0.15) is 6.04 Å². The molecule has 2 N–H and O–H groups in total. The quantitative estimate of drug-likeness (QED) is 0.397. The van der Waals surface area contributed by atoms with E-state index in [-0.39, 0.29) is 29.9 Å². The van der Waals surface area contributed by atoms with Crippen molar-refractivity contribution in [3.8, 4) is 11.3 Å². The highest BCUT2D eigenvalue weighted by atomic mass is 16.2. The van der Waals surface area contributed by atoms with Crippen molar-refractivity contribution in [3.05, 3.63) is 59.5 Å². The maximum atomic E-state index is 13.1. The number of carbonyl (C=O) groups is 4. The standard InChI is InChI=1S/C31H33N7O4/c1-36(2)24-4-3-11-32-28(24)23-16-37(35-27(23)18-5-6-18)20-12-17(13-20)15-33-19-7-8-21-22(14-19)31(42)38(30(21)41)25-9-10-26(39)34-29(25)40/h3-4,7-8,11,14,16-18,20,25,33H,5-6,9-10,12-13,15H2,1-2H3,(H,34,39,40). The minimum Gasteiger partial charge on any atom is -0.385 e. The van der Waals surface area contributed by atoms with Gasteiger partial charge in [0.15, 0.2) is 0 Å². The highest BCUT2D eigenvalue weighted by Gasteiger charge is 2.44. The van der Waals surface area contributed by atoms with Crippen molar-refractivity contribution in [2.75, 3.05) is 30.9 Å². The molecule has 42 heavy (non-hydrogen) atoms. The van der Waals surface area contributed by atoms with Gasteiger partial charge in [-0.2, -0.15) is 5.10 Å². The third-order valence-electron chi connectivity index (χ3n) is 8.87. The number of amides is 4. The Morgan fingerprint density at radius 3 is 2.52 bits per heavy atom. The van der Waals surface area contributed by atoms with Gasteiger partial charge in [0.05, 0.1) is 34.2 Å². The van der Waals surface area contributed by atoms with E-state index in [0.717, 1.165) is 52.6 Å². The molecule has 11 nitrogen and oxygen atoms in total. The minimum atomic E-state index is -0.964. The maximum absolute atomic E-state index is 13.1. The van der Waals surface area contributed by atoms with Gasteiger partial charge >= 0.3 is 0 Å². The van der Waals surface area contributed by atoms with E-state index in [1.165, 1.54) is 12.8 Å². The van der Waals surface area contributed by atoms with Gasteiger partial charge < -0.3 is 10.2 Å². The Bertz CT molecular complexity index is 1620. The molecule has 0 radical (unpaired) electrons. The lowest BCUT2D eigenvalue weighted by Crippen LogP contribution is -2.54. The lowest BCUT2D eigenvalue weighted by molar-refractivity contribution is -0.136. The number of nitrogens with one attached hydrogen (secondary N) is 2. The smallest absolute Gasteiger partial charge is 0.262 e. The van der Waals surface area contributed by atoms with Crippen LogP contribution in [0.3, 0.4) is 0 Å². The second-order valence-electron chi connectivity index (χ2n) is 12.0. The SMILES string of the molecule is CN(C)c1cccnc1-c1cn(C2CC(CNc3ccc4c(c3)C(=O)N(C3CCC(=O)NC3=O)C4=O)C2)nc1C1CC1. The molecule has 1 unspecified atom stereocenters. The molecule has 1 atom stereocenters. The number of nitrogens with zero attached hydrogens (tertiary/aromatic N) is 5. The Morgan fingerprint density at radius 1 is 1.00 bits per heavy atom. The van der Waals surface area contributed by atoms with Crippen LogP contribution in [0.4, 0.5) is 11.4 Å². The van der Waals surface area contributed by atoms with E-state index < -0.39 is 23.8 Å². The molecule has 3 fully saturated rings. The summed E-state index contributed by atoms with van der Waals surface area (Å²) in [6, 6.07) is 8.55. The van der Waals surface area contributed by atoms with Crippen LogP contribution in [0.1, 0.15) is 76.9 Å². The number of aromatic nitrogens is 3. The third kappa shape index (κ3) is 4.53. The lowest BCUT2D eigenvalue weighted by Gasteiger charge is -2.35. The topological polar surface area (TPSA) is 130 Å². The van der Waals surface area contributed by atoms with E-state index in [1.54, 1.807) is 18.2 Å². The first kappa shape index (κ1) is 26.4. The number of piperidine rings is 1. The molecular formula is C31H33N7O4. The number of hydrogen-bond acceptors (Lipinski definition) is 8. The van der Waals surface area contributed by atoms with Crippen LogP contribution < -0.4 is 15.5 Å². The van der Waals surface area contributed by atoms with Crippen LogP contribution in [0, 0.1) is 5.92 Å². The van der Waals surface area contributed by atoms with E-state index in [9.17, 15) is 19.2 Å². The second kappa shape index (κ2) is 10.1. The van der Waals surface area contributed by atoms with E-state index in [2.05, 4.69) is 32.5 Å². The molecule has 7 rings (SSSR count). The van der Waals surface area contributed by atoms with E-state index in [0.29, 0.717) is 17.9 Å². The fraction of sp³-hybridized carbons (Fsp3) is 0.419. The highest BCUT2D eigenvalue weighted by Crippen LogP contribution is 2.46. The molecule has 4 aliphatic rings. The summed E-state index contributed by atoms with van der Waals surface area (Å²) in [5, 5.41) is 10.7. The first-order valence-electron chi connectivity index (χ1n) is 14.6. The normalized spacial score (nSPS) is 23.5. The summed E-state index contributed by atoms with van der Waals surface area (Å²) in [5.41, 5.74) is 5.68. The summed E-state index contributed by atoms with van der Waals surface area (Å²) in [7, 11) is 4.07. The molecule has 3 aromatic rings. The van der Waals surface area contributed by atoms with Gasteiger partial charge in [-0.15, -0.1) is 0 Å². The average Bonchev–Trinajstić information content (AvgIpc) is 3.66. The van der Waals surface area contributed by atoms with Gasteiger partial charge in [-0.3, -0.25) is 39.1 Å². The zero-order valence-electron chi connectivity index (χ0n) is 23.7. The number of pyridine rings is 1. The summed E-state index contributed by atoms with van der Waals surface area (Å²) in [6.07, 6.45) is 8.59. The molecule has 0 spiro atoms. The molecule has 2 saturated carbocycles. The number of carbonyl (C=O) groups excluding carboxylic acids is 4. The van der Waals surface area contributed by atoms with E-state index in [4.69, 9.17) is 10.1 Å². The Kier molecular flexibility index (Phi) is 6.32. The molecule has 11 heteroatoms. The van der Waals surface area contributed by atoms with E-state index >= 15 is 0 Å². The van der Waals surface area contributed by atoms with Crippen LogP contribution in [0.25, 0.3) is 11.3 Å². The van der Waals surface area contributed by atoms with Gasteiger partial charge in [-0.1, -0.05) is 0 Å². The van der Waals surface area contributed by atoms with Gasteiger partial charge in [-0.25, -0.2) is 0 Å². The predicted molar refractivity (Wildman–Crippen MR) is 155 cm³/mol. The van der Waals surface area contributed by atoms with Crippen molar-refractivity contribution in [2.45, 2.75) is 56.5 Å². The monoisotopic (exact) mass is 567 g/mol. The van der Waals surface area contributed by atoms with Gasteiger partial charge in [-0.05, 0) is 68.4 Å². The number of fused-ring (bicyclic) bond motifs is 1. The molecule has 0 bridgehead atoms. The number of anilines is 2. The van der Waals surface area contributed by atoms with Gasteiger partial charge in [0, 0.05) is 56.6 Å². The summed E-state index contributed by atoms with van der Waals surface area (Å²) < 4.78 is 2.14. The Morgan fingerprint density at radius 2 is 1.79 bits per heavy atom. The van der Waals surface area contributed by atoms with E-state index in [1.807, 2.05) is 26.4 Å². The molecule has 1 aromatic carbocycles. The summed E-state index contributed by atoms with van der Waals surface area (Å²) in [6.45, 7) is 0.739. The van der Waals surface area contributed by atoms with Crippen LogP contribution in [0.15, 0.2) is 42.7 Å². The fourth-order valence-electron chi connectivity index (χ4n) is 6.32. The largest absolute Gasteiger partial charge is 0.385 e. The van der Waals surface area contributed by atoms with Gasteiger partial charge in [0.25, 0.3) is 11.8 Å². The number of benzene rings is 1. The summed E-state index contributed by atoms with van der Waals surface area (Å²) in [5.74, 6) is -1.03. The average molecular weight is 568 g/mol. The lowest BCUT2D eigenvalue weighted by atomic mass is 9.80. The molecule has 2 aliphatic heterocycles. The third-order valence-corrected chi connectivity index (χ3v) is 8.87. The number of rotatable bonds is 8. The first-order chi connectivity index (χ1) is 20.3. The Labute approximate surface area is 243 Å². The molecular weight excluding hydrogens is 534 g/mol. The Hall–Kier alpha value is -4.54. The second-order valence-corrected chi connectivity index (χ2v) is 12.0. The van der Waals surface area contributed by atoms with Crippen LogP contribution >= 0.6 is 0 Å². The van der Waals surface area contributed by atoms with Gasteiger partial charge in [0.2, 0.25) is 11.8 Å². The zero-order chi connectivity index (χ0) is 29.1. The first-order valence-corrected chi connectivity index (χ1v) is 14.6. The Balaban J connectivity index is 1.00. The number of hydrogen-bond donors (Lipinski definition) is 2. The number of imide groups is 2. The zero-order valence-corrected chi connectivity index (χ0v) is 23.7. The van der Waals surface area contributed by atoms with Crippen molar-refractivity contribution in [1.29, 1.82) is 0 Å². The molecule has 1 saturated heterocycles. The van der Waals surface area contributed by atoms with Crippen molar-refractivity contribution in [1.82, 2.24) is 25.0 Å². The molecule has 2 aliphatic carbocycles. The van der Waals surface area contributed by atoms with Crippen molar-refractivity contribution in [3.63, 3.8) is 0 Å². The molecule has 4 amide bonds. The maximum Gasteiger partial charge on any atom is 0.262 e. The highest BCUT2D eigenvalue weighted by molar-refractivity contribution is 6.23. The van der Waals surface area contributed by atoms with Crippen LogP contribution in [0.2, 0.25) is 0 Å². The molecule has 2 aromatic heterocycles. The predicted octanol–water partition coefficient (Wildman–Crippen LogP) is 3.35. The van der Waals surface area contributed by atoms with Crippen LogP contribution in [-0.2, 0) is 9.59 Å². The summed E-state index contributed by atoms with van der Waals surface area (Å²) >= 11 is 0. The minimum absolute atomic E-state index is 0.0982. The van der Waals surface area contributed by atoms with Crippen LogP contribution in [0.5, 0.6) is 0 Å². The van der Waals surface area contributed by atoms with Crippen molar-refractivity contribution in [2.24, 2.45) is 5.92 Å². The fourth-order valence-corrected chi connectivity index (χ4v) is 6.32. The molecule has 216 valence electrons. The van der Waals surface area contributed by atoms with Crippen molar-refractivity contribution < 1.29 is 19.2 Å². The van der Waals surface area contributed by atoms with Crippen molar-refractivity contribution >= 4 is 35.0 Å². The summed E-state index contributed by atoms with van der Waals surface area (Å²) in [4.78, 5) is 57.7.